The average Bonchev–Trinajstić information content (AvgIpc) is 2.70. The molecule has 0 aliphatic heterocycles. The molecule has 0 radical (unpaired) electrons. The highest BCUT2D eigenvalue weighted by atomic mass is 16.5. The zero-order chi connectivity index (χ0) is 22.0. The number of ether oxygens (including phenoxy) is 2. The SMILES string of the molecule is CCC(NC(=O)[C@@H](N)CC(=O)O)C(=O)NC(CC(=O)OC)c1ccc(OC)cc1. The summed E-state index contributed by atoms with van der Waals surface area (Å²) >= 11 is 0. The lowest BCUT2D eigenvalue weighted by Gasteiger charge is -2.23. The van der Waals surface area contributed by atoms with Crippen LogP contribution in [0, 0.1) is 0 Å². The van der Waals surface area contributed by atoms with Crippen molar-refractivity contribution in [2.24, 2.45) is 5.73 Å². The fraction of sp³-hybridized carbons (Fsp3) is 0.474. The van der Waals surface area contributed by atoms with E-state index in [2.05, 4.69) is 10.6 Å². The van der Waals surface area contributed by atoms with Gasteiger partial charge in [0.05, 0.1) is 39.1 Å². The third-order valence-electron chi connectivity index (χ3n) is 4.21. The van der Waals surface area contributed by atoms with Crippen LogP contribution in [0.1, 0.15) is 37.8 Å². The van der Waals surface area contributed by atoms with Gasteiger partial charge in [-0.15, -0.1) is 0 Å². The molecule has 29 heavy (non-hydrogen) atoms. The molecule has 1 aromatic rings. The van der Waals surface area contributed by atoms with E-state index in [4.69, 9.17) is 20.3 Å². The first-order valence-electron chi connectivity index (χ1n) is 9.00. The topological polar surface area (TPSA) is 157 Å². The Balaban J connectivity index is 2.91. The fourth-order valence-electron chi connectivity index (χ4n) is 2.52. The van der Waals surface area contributed by atoms with Crippen molar-refractivity contribution in [1.29, 1.82) is 0 Å². The zero-order valence-corrected chi connectivity index (χ0v) is 16.6. The van der Waals surface area contributed by atoms with Crippen molar-refractivity contribution in [3.8, 4) is 5.75 Å². The van der Waals surface area contributed by atoms with Crippen LogP contribution in [-0.4, -0.2) is 55.2 Å². The van der Waals surface area contributed by atoms with Crippen LogP contribution in [0.2, 0.25) is 0 Å². The minimum absolute atomic E-state index is 0.114. The molecule has 160 valence electrons. The lowest BCUT2D eigenvalue weighted by molar-refractivity contribution is -0.141. The van der Waals surface area contributed by atoms with Crippen molar-refractivity contribution >= 4 is 23.8 Å². The maximum Gasteiger partial charge on any atom is 0.307 e. The van der Waals surface area contributed by atoms with E-state index in [-0.39, 0.29) is 12.8 Å². The van der Waals surface area contributed by atoms with E-state index in [0.29, 0.717) is 11.3 Å². The molecule has 10 nitrogen and oxygen atoms in total. The van der Waals surface area contributed by atoms with E-state index in [1.807, 2.05) is 0 Å². The van der Waals surface area contributed by atoms with E-state index in [0.717, 1.165) is 0 Å². The number of carbonyl (C=O) groups excluding carboxylic acids is 3. The molecule has 0 heterocycles. The van der Waals surface area contributed by atoms with E-state index >= 15 is 0 Å². The van der Waals surface area contributed by atoms with Gasteiger partial charge in [0.1, 0.15) is 11.8 Å². The molecule has 0 saturated heterocycles. The van der Waals surface area contributed by atoms with Gasteiger partial charge < -0.3 is 30.9 Å². The van der Waals surface area contributed by atoms with Gasteiger partial charge in [-0.3, -0.25) is 19.2 Å². The fourth-order valence-corrected chi connectivity index (χ4v) is 2.52. The molecule has 0 aromatic heterocycles. The Morgan fingerprint density at radius 3 is 2.14 bits per heavy atom. The maximum atomic E-state index is 12.7. The summed E-state index contributed by atoms with van der Waals surface area (Å²) < 4.78 is 9.79. The molecule has 0 aliphatic carbocycles. The number of carboxylic acid groups (broad SMARTS) is 1. The number of benzene rings is 1. The summed E-state index contributed by atoms with van der Waals surface area (Å²) in [6, 6.07) is 3.87. The van der Waals surface area contributed by atoms with Crippen LogP contribution in [-0.2, 0) is 23.9 Å². The van der Waals surface area contributed by atoms with Gasteiger partial charge in [-0.1, -0.05) is 19.1 Å². The van der Waals surface area contributed by atoms with Gasteiger partial charge >= 0.3 is 11.9 Å². The Morgan fingerprint density at radius 1 is 1.03 bits per heavy atom. The molecule has 1 rings (SSSR count). The molecule has 2 amide bonds. The van der Waals surface area contributed by atoms with Crippen molar-refractivity contribution < 1.29 is 33.8 Å². The summed E-state index contributed by atoms with van der Waals surface area (Å²) in [6.07, 6.45) is -0.427. The Morgan fingerprint density at radius 2 is 1.66 bits per heavy atom. The van der Waals surface area contributed by atoms with Crippen LogP contribution in [0.25, 0.3) is 0 Å². The van der Waals surface area contributed by atoms with Crippen molar-refractivity contribution in [3.05, 3.63) is 29.8 Å². The molecule has 1 aromatic carbocycles. The average molecular weight is 409 g/mol. The van der Waals surface area contributed by atoms with Gasteiger partial charge in [-0.2, -0.15) is 0 Å². The molecule has 0 aliphatic rings. The van der Waals surface area contributed by atoms with E-state index in [1.54, 1.807) is 31.2 Å². The van der Waals surface area contributed by atoms with Crippen molar-refractivity contribution in [2.45, 2.75) is 44.3 Å². The van der Waals surface area contributed by atoms with Gasteiger partial charge in [0.25, 0.3) is 0 Å². The van der Waals surface area contributed by atoms with Gasteiger partial charge in [-0.25, -0.2) is 0 Å². The molecule has 0 fully saturated rings. The molecular weight excluding hydrogens is 382 g/mol. The van der Waals surface area contributed by atoms with Gasteiger partial charge in [-0.05, 0) is 24.1 Å². The summed E-state index contributed by atoms with van der Waals surface area (Å²) in [4.78, 5) is 47.2. The Bertz CT molecular complexity index is 721. The number of carbonyl (C=O) groups is 4. The van der Waals surface area contributed by atoms with Gasteiger partial charge in [0.15, 0.2) is 0 Å². The second kappa shape index (κ2) is 11.6. The highest BCUT2D eigenvalue weighted by Crippen LogP contribution is 2.21. The number of rotatable bonds is 11. The van der Waals surface area contributed by atoms with Crippen molar-refractivity contribution in [2.75, 3.05) is 14.2 Å². The molecule has 0 spiro atoms. The van der Waals surface area contributed by atoms with Crippen LogP contribution in [0.5, 0.6) is 5.75 Å². The Kier molecular flexibility index (Phi) is 9.60. The van der Waals surface area contributed by atoms with E-state index in [9.17, 15) is 19.2 Å². The molecule has 10 heteroatoms. The van der Waals surface area contributed by atoms with Crippen molar-refractivity contribution in [3.63, 3.8) is 0 Å². The number of methoxy groups -OCH3 is 2. The third kappa shape index (κ3) is 7.78. The summed E-state index contributed by atoms with van der Waals surface area (Å²) in [5.74, 6) is -2.41. The smallest absolute Gasteiger partial charge is 0.307 e. The predicted molar refractivity (Wildman–Crippen MR) is 103 cm³/mol. The molecule has 0 saturated carbocycles. The number of amides is 2. The predicted octanol–water partition coefficient (Wildman–Crippen LogP) is 0.112. The highest BCUT2D eigenvalue weighted by molar-refractivity contribution is 5.91. The maximum absolute atomic E-state index is 12.7. The molecule has 0 bridgehead atoms. The summed E-state index contributed by atoms with van der Waals surface area (Å²) in [5.41, 5.74) is 6.17. The lowest BCUT2D eigenvalue weighted by atomic mass is 10.0. The van der Waals surface area contributed by atoms with Gasteiger partial charge in [0, 0.05) is 0 Å². The first-order chi connectivity index (χ1) is 13.7. The first kappa shape index (κ1) is 23.9. The number of esters is 1. The Hall–Kier alpha value is -3.14. The minimum atomic E-state index is -1.28. The highest BCUT2D eigenvalue weighted by Gasteiger charge is 2.27. The number of aliphatic carboxylic acids is 1. The zero-order valence-electron chi connectivity index (χ0n) is 16.6. The summed E-state index contributed by atoms with van der Waals surface area (Å²) in [7, 11) is 2.76. The second-order valence-electron chi connectivity index (χ2n) is 6.29. The van der Waals surface area contributed by atoms with Crippen LogP contribution < -0.4 is 21.1 Å². The lowest BCUT2D eigenvalue weighted by Crippen LogP contribution is -2.52. The normalized spacial score (nSPS) is 13.5. The van der Waals surface area contributed by atoms with Gasteiger partial charge in [0.2, 0.25) is 11.8 Å². The quantitative estimate of drug-likeness (QED) is 0.375. The molecule has 2 unspecified atom stereocenters. The van der Waals surface area contributed by atoms with Crippen molar-refractivity contribution in [1.82, 2.24) is 10.6 Å². The van der Waals surface area contributed by atoms with E-state index < -0.39 is 48.3 Å². The second-order valence-corrected chi connectivity index (χ2v) is 6.29. The number of nitrogens with one attached hydrogen (secondary N) is 2. The Labute approximate surface area is 168 Å². The van der Waals surface area contributed by atoms with E-state index in [1.165, 1.54) is 14.2 Å². The standard InChI is InChI=1S/C19H27N3O7/c1-4-14(21-18(26)13(20)9-16(23)24)19(27)22-15(10-17(25)29-3)11-5-7-12(28-2)8-6-11/h5-8,13-15H,4,9-10,20H2,1-3H3,(H,21,26)(H,22,27)(H,23,24)/t13-,14?,15?/m0/s1. The third-order valence-corrected chi connectivity index (χ3v) is 4.21. The number of nitrogens with two attached hydrogens (primary N) is 1. The summed E-state index contributed by atoms with van der Waals surface area (Å²) in [5, 5.41) is 13.9. The summed E-state index contributed by atoms with van der Waals surface area (Å²) in [6.45, 7) is 1.68. The molecular formula is C19H27N3O7. The number of hydrogen-bond acceptors (Lipinski definition) is 7. The van der Waals surface area contributed by atoms with Crippen LogP contribution in [0.4, 0.5) is 0 Å². The first-order valence-corrected chi connectivity index (χ1v) is 9.00. The monoisotopic (exact) mass is 409 g/mol. The minimum Gasteiger partial charge on any atom is -0.497 e. The van der Waals surface area contributed by atoms with Crippen LogP contribution in [0.15, 0.2) is 24.3 Å². The largest absolute Gasteiger partial charge is 0.497 e. The molecule has 3 atom stereocenters. The number of carboxylic acids is 1. The van der Waals surface area contributed by atoms with Crippen LogP contribution >= 0.6 is 0 Å². The number of hydrogen-bond donors (Lipinski definition) is 4. The molecule has 5 N–H and O–H groups in total. The van der Waals surface area contributed by atoms with Crippen LogP contribution in [0.3, 0.4) is 0 Å².